The molecular formula is C36H69N3O4. The van der Waals surface area contributed by atoms with E-state index in [1.54, 1.807) is 0 Å². The Morgan fingerprint density at radius 2 is 1.44 bits per heavy atom. The van der Waals surface area contributed by atoms with Gasteiger partial charge >= 0.3 is 0 Å². The zero-order chi connectivity index (χ0) is 30.9. The molecule has 4 aliphatic rings. The maximum atomic E-state index is 6.97. The van der Waals surface area contributed by atoms with E-state index >= 15 is 0 Å². The van der Waals surface area contributed by atoms with Gasteiger partial charge in [-0.2, -0.15) is 0 Å². The predicted octanol–water partition coefficient (Wildman–Crippen LogP) is 5.91. The molecule has 0 aromatic heterocycles. The average molecular weight is 608 g/mol. The van der Waals surface area contributed by atoms with Gasteiger partial charge in [-0.3, -0.25) is 0 Å². The molecular weight excluding hydrogens is 538 g/mol. The molecule has 4 aliphatic carbocycles. The SMILES string of the molecule is CCCOCCC[C@@H](C)[C@H]1CC[C@H]2C3[C@H](OCCCN)CC4C[C@H](OCCCN)CC[C@]4(C)[C@H]3C[C@H](OCCCN)[C@]12C. The molecule has 7 nitrogen and oxygen atoms in total. The highest BCUT2D eigenvalue weighted by molar-refractivity contribution is 5.15. The van der Waals surface area contributed by atoms with Gasteiger partial charge in [0.15, 0.2) is 0 Å². The smallest absolute Gasteiger partial charge is 0.0637 e. The second kappa shape index (κ2) is 17.0. The molecule has 0 amide bonds. The fourth-order valence-electron chi connectivity index (χ4n) is 10.6. The first-order chi connectivity index (χ1) is 20.8. The van der Waals surface area contributed by atoms with Crippen LogP contribution in [-0.4, -0.2) is 71.0 Å². The summed E-state index contributed by atoms with van der Waals surface area (Å²) in [7, 11) is 0. The van der Waals surface area contributed by atoms with Crippen molar-refractivity contribution >= 4 is 0 Å². The topological polar surface area (TPSA) is 115 Å². The molecule has 0 aromatic rings. The van der Waals surface area contributed by atoms with Gasteiger partial charge in [0.05, 0.1) is 18.3 Å². The minimum absolute atomic E-state index is 0.167. The van der Waals surface area contributed by atoms with Gasteiger partial charge in [0, 0.05) is 38.4 Å². The maximum Gasteiger partial charge on any atom is 0.0637 e. The summed E-state index contributed by atoms with van der Waals surface area (Å²) >= 11 is 0. The quantitative estimate of drug-likeness (QED) is 0.156. The van der Waals surface area contributed by atoms with Crippen LogP contribution in [0, 0.1) is 46.3 Å². The molecule has 0 bridgehead atoms. The van der Waals surface area contributed by atoms with Crippen LogP contribution < -0.4 is 17.2 Å². The Morgan fingerprint density at radius 1 is 0.744 bits per heavy atom. The number of rotatable bonds is 19. The van der Waals surface area contributed by atoms with E-state index in [1.165, 1.54) is 38.5 Å². The van der Waals surface area contributed by atoms with Crippen LogP contribution in [0.5, 0.6) is 0 Å². The first-order valence-electron chi connectivity index (χ1n) is 18.4. The molecule has 43 heavy (non-hydrogen) atoms. The first kappa shape index (κ1) is 35.6. The van der Waals surface area contributed by atoms with E-state index in [0.717, 1.165) is 78.0 Å². The largest absolute Gasteiger partial charge is 0.381 e. The van der Waals surface area contributed by atoms with Gasteiger partial charge in [-0.15, -0.1) is 0 Å². The van der Waals surface area contributed by atoms with Crippen molar-refractivity contribution in [3.63, 3.8) is 0 Å². The Morgan fingerprint density at radius 3 is 2.14 bits per heavy atom. The van der Waals surface area contributed by atoms with Crippen molar-refractivity contribution in [2.75, 3.05) is 52.7 Å². The van der Waals surface area contributed by atoms with Crippen molar-refractivity contribution < 1.29 is 18.9 Å². The first-order valence-corrected chi connectivity index (χ1v) is 18.4. The maximum absolute atomic E-state index is 6.97. The van der Waals surface area contributed by atoms with E-state index in [4.69, 9.17) is 36.1 Å². The molecule has 0 saturated heterocycles. The lowest BCUT2D eigenvalue weighted by Gasteiger charge is -2.65. The second-order valence-electron chi connectivity index (χ2n) is 15.2. The molecule has 11 atom stereocenters. The molecule has 4 rings (SSSR count). The van der Waals surface area contributed by atoms with E-state index in [9.17, 15) is 0 Å². The summed E-state index contributed by atoms with van der Waals surface area (Å²) in [6.07, 6.45) is 15.8. The standard InChI is InChI=1S/C36H69N3O4/c1-5-18-40-19-6-10-26(2)29-11-12-30-34-31(25-33(36(29,30)4)43-22-9-17-39)35(3)14-13-28(41-20-7-15-37)23-27(35)24-32(34)42-21-8-16-38/h26-34H,5-25,37-39H2,1-4H3/t26-,27?,28-,29-,30+,31+,32-,33+,34?,35+,36-/m1/s1. The van der Waals surface area contributed by atoms with E-state index in [2.05, 4.69) is 27.7 Å². The molecule has 0 aliphatic heterocycles. The summed E-state index contributed by atoms with van der Waals surface area (Å²) < 4.78 is 26.1. The Hall–Kier alpha value is -0.280. The van der Waals surface area contributed by atoms with E-state index in [1.807, 2.05) is 0 Å². The van der Waals surface area contributed by atoms with Crippen LogP contribution in [0.3, 0.4) is 0 Å². The van der Waals surface area contributed by atoms with Gasteiger partial charge in [-0.25, -0.2) is 0 Å². The number of ether oxygens (including phenoxy) is 4. The third-order valence-corrected chi connectivity index (χ3v) is 12.8. The van der Waals surface area contributed by atoms with Crippen molar-refractivity contribution in [2.45, 2.75) is 129 Å². The summed E-state index contributed by atoms with van der Waals surface area (Å²) in [4.78, 5) is 0. The fourth-order valence-corrected chi connectivity index (χ4v) is 10.6. The molecule has 4 fully saturated rings. The number of hydrogen-bond donors (Lipinski definition) is 3. The van der Waals surface area contributed by atoms with Crippen LogP contribution >= 0.6 is 0 Å². The van der Waals surface area contributed by atoms with Gasteiger partial charge in [0.2, 0.25) is 0 Å². The number of hydrogen-bond acceptors (Lipinski definition) is 7. The Bertz CT molecular complexity index is 802. The molecule has 0 heterocycles. The fraction of sp³-hybridized carbons (Fsp3) is 1.00. The Labute approximate surface area is 264 Å². The summed E-state index contributed by atoms with van der Waals surface area (Å²) in [5.41, 5.74) is 18.1. The highest BCUT2D eigenvalue weighted by Crippen LogP contribution is 2.69. The van der Waals surface area contributed by atoms with Crippen molar-refractivity contribution in [1.29, 1.82) is 0 Å². The molecule has 0 spiro atoms. The third kappa shape index (κ3) is 8.00. The van der Waals surface area contributed by atoms with Crippen molar-refractivity contribution in [2.24, 2.45) is 63.5 Å². The van der Waals surface area contributed by atoms with E-state index in [-0.39, 0.29) is 11.5 Å². The molecule has 4 saturated carbocycles. The summed E-state index contributed by atoms with van der Waals surface area (Å²) in [5, 5.41) is 0. The molecule has 252 valence electrons. The molecule has 0 radical (unpaired) electrons. The molecule has 2 unspecified atom stereocenters. The highest BCUT2D eigenvalue weighted by atomic mass is 16.5. The monoisotopic (exact) mass is 608 g/mol. The van der Waals surface area contributed by atoms with Gasteiger partial charge in [-0.1, -0.05) is 27.7 Å². The lowest BCUT2D eigenvalue weighted by Crippen LogP contribution is -2.63. The van der Waals surface area contributed by atoms with Gasteiger partial charge in [0.25, 0.3) is 0 Å². The normalized spacial score (nSPS) is 39.7. The zero-order valence-corrected chi connectivity index (χ0v) is 28.4. The van der Waals surface area contributed by atoms with Crippen LogP contribution in [-0.2, 0) is 18.9 Å². The predicted molar refractivity (Wildman–Crippen MR) is 176 cm³/mol. The van der Waals surface area contributed by atoms with Gasteiger partial charge in [0.1, 0.15) is 0 Å². The lowest BCUT2D eigenvalue weighted by molar-refractivity contribution is -0.227. The molecule has 0 aromatic carbocycles. The highest BCUT2D eigenvalue weighted by Gasteiger charge is 2.66. The van der Waals surface area contributed by atoms with Crippen LogP contribution in [0.2, 0.25) is 0 Å². The summed E-state index contributed by atoms with van der Waals surface area (Å²) in [6.45, 7) is 16.2. The van der Waals surface area contributed by atoms with E-state index < -0.39 is 0 Å². The molecule has 6 N–H and O–H groups in total. The number of fused-ring (bicyclic) bond motifs is 5. The Kier molecular flexibility index (Phi) is 14.1. The lowest BCUT2D eigenvalue weighted by atomic mass is 9.43. The third-order valence-electron chi connectivity index (χ3n) is 12.8. The minimum atomic E-state index is 0.167. The summed E-state index contributed by atoms with van der Waals surface area (Å²) in [6, 6.07) is 0. The summed E-state index contributed by atoms with van der Waals surface area (Å²) in [5.74, 6) is 3.82. The van der Waals surface area contributed by atoms with Crippen molar-refractivity contribution in [3.05, 3.63) is 0 Å². The zero-order valence-electron chi connectivity index (χ0n) is 28.4. The van der Waals surface area contributed by atoms with E-state index in [0.29, 0.717) is 72.8 Å². The van der Waals surface area contributed by atoms with Crippen LogP contribution in [0.25, 0.3) is 0 Å². The van der Waals surface area contributed by atoms with Crippen LogP contribution in [0.15, 0.2) is 0 Å². The minimum Gasteiger partial charge on any atom is -0.381 e. The Balaban J connectivity index is 1.59. The van der Waals surface area contributed by atoms with Crippen LogP contribution in [0.4, 0.5) is 0 Å². The number of nitrogens with two attached hydrogens (primary N) is 3. The van der Waals surface area contributed by atoms with Crippen molar-refractivity contribution in [3.8, 4) is 0 Å². The second-order valence-corrected chi connectivity index (χ2v) is 15.2. The molecule has 7 heteroatoms. The van der Waals surface area contributed by atoms with Crippen LogP contribution in [0.1, 0.15) is 111 Å². The average Bonchev–Trinajstić information content (AvgIpc) is 3.36. The van der Waals surface area contributed by atoms with Gasteiger partial charge in [-0.05, 0) is 144 Å². The van der Waals surface area contributed by atoms with Crippen molar-refractivity contribution in [1.82, 2.24) is 0 Å². The van der Waals surface area contributed by atoms with Gasteiger partial charge < -0.3 is 36.1 Å².